The second-order valence-corrected chi connectivity index (χ2v) is 5.52. The molecule has 0 unspecified atom stereocenters. The Balaban J connectivity index is 0.00000625. The molecule has 1 N–H and O–H groups in total. The molecule has 146 valence electrons. The van der Waals surface area contributed by atoms with Crippen LogP contribution in [0.1, 0.15) is 26.3 Å². The molecule has 9 heteroatoms. The number of hydrogen-bond acceptors (Lipinski definition) is 4. The quantitative estimate of drug-likeness (QED) is 0.204. The monoisotopic (exact) mass is 477 g/mol. The van der Waals surface area contributed by atoms with Crippen LogP contribution in [0.2, 0.25) is 0 Å². The first kappa shape index (κ1) is 24.1. The van der Waals surface area contributed by atoms with Crippen LogP contribution < -0.4 is 5.32 Å². The highest BCUT2D eigenvalue weighted by Gasteiger charge is 2.15. The third-order valence-corrected chi connectivity index (χ3v) is 3.72. The van der Waals surface area contributed by atoms with E-state index >= 15 is 0 Å². The van der Waals surface area contributed by atoms with E-state index in [2.05, 4.69) is 10.3 Å². The van der Waals surface area contributed by atoms with Gasteiger partial charge in [-0.05, 0) is 26.3 Å². The van der Waals surface area contributed by atoms with Crippen LogP contribution in [-0.4, -0.2) is 59.8 Å². The highest BCUT2D eigenvalue weighted by atomic mass is 127. The van der Waals surface area contributed by atoms with Crippen LogP contribution in [0.4, 0.5) is 5.69 Å². The fourth-order valence-electron chi connectivity index (χ4n) is 2.36. The summed E-state index contributed by atoms with van der Waals surface area (Å²) in [5, 5.41) is 14.0. The van der Waals surface area contributed by atoms with Crippen LogP contribution >= 0.6 is 24.0 Å². The van der Waals surface area contributed by atoms with Gasteiger partial charge in [-0.15, -0.1) is 24.0 Å². The SMILES string of the molecule is CCNC(=NCc1cccc([N+](=O)[O-])c1)N(C)CC(=O)N(CC)CC.I. The van der Waals surface area contributed by atoms with Crippen LogP contribution in [0.5, 0.6) is 0 Å². The van der Waals surface area contributed by atoms with E-state index in [-0.39, 0.29) is 42.1 Å². The van der Waals surface area contributed by atoms with Gasteiger partial charge in [0.25, 0.3) is 5.69 Å². The van der Waals surface area contributed by atoms with Gasteiger partial charge in [0.1, 0.15) is 0 Å². The van der Waals surface area contributed by atoms with Crippen molar-refractivity contribution in [2.24, 2.45) is 4.99 Å². The molecule has 1 aromatic rings. The zero-order valence-electron chi connectivity index (χ0n) is 15.8. The number of aliphatic imine (C=N–C) groups is 1. The molecule has 0 aliphatic heterocycles. The Morgan fingerprint density at radius 2 is 1.92 bits per heavy atom. The summed E-state index contributed by atoms with van der Waals surface area (Å²) in [6.45, 7) is 8.37. The van der Waals surface area contributed by atoms with E-state index in [1.54, 1.807) is 29.0 Å². The molecule has 0 saturated heterocycles. The van der Waals surface area contributed by atoms with Crippen LogP contribution in [0.15, 0.2) is 29.3 Å². The summed E-state index contributed by atoms with van der Waals surface area (Å²) in [6, 6.07) is 6.39. The Labute approximate surface area is 171 Å². The van der Waals surface area contributed by atoms with Gasteiger partial charge in [-0.2, -0.15) is 0 Å². The van der Waals surface area contributed by atoms with E-state index in [9.17, 15) is 14.9 Å². The lowest BCUT2D eigenvalue weighted by molar-refractivity contribution is -0.384. The number of nitro benzene ring substituents is 1. The van der Waals surface area contributed by atoms with Crippen LogP contribution in [0, 0.1) is 10.1 Å². The predicted octanol–water partition coefficient (Wildman–Crippen LogP) is 2.48. The maximum absolute atomic E-state index is 12.2. The first-order valence-electron chi connectivity index (χ1n) is 8.43. The molecule has 0 atom stereocenters. The molecule has 0 fully saturated rings. The third kappa shape index (κ3) is 7.54. The minimum Gasteiger partial charge on any atom is -0.357 e. The Morgan fingerprint density at radius 3 is 2.46 bits per heavy atom. The number of carbonyl (C=O) groups excluding carboxylic acids is 1. The number of benzene rings is 1. The molecule has 0 radical (unpaired) electrons. The molecular formula is C17H28IN5O3. The van der Waals surface area contributed by atoms with Crippen molar-refractivity contribution in [3.8, 4) is 0 Å². The van der Waals surface area contributed by atoms with E-state index in [0.717, 1.165) is 5.56 Å². The highest BCUT2D eigenvalue weighted by molar-refractivity contribution is 14.0. The molecule has 0 bridgehead atoms. The van der Waals surface area contributed by atoms with Gasteiger partial charge in [0.05, 0.1) is 18.0 Å². The van der Waals surface area contributed by atoms with Gasteiger partial charge < -0.3 is 15.1 Å². The minimum atomic E-state index is -0.423. The number of rotatable bonds is 8. The topological polar surface area (TPSA) is 91.1 Å². The molecule has 1 amide bonds. The van der Waals surface area contributed by atoms with E-state index in [1.165, 1.54) is 12.1 Å². The van der Waals surface area contributed by atoms with E-state index in [4.69, 9.17) is 0 Å². The van der Waals surface area contributed by atoms with Crippen molar-refractivity contribution in [1.29, 1.82) is 0 Å². The summed E-state index contributed by atoms with van der Waals surface area (Å²) in [6.07, 6.45) is 0. The number of nitrogens with one attached hydrogen (secondary N) is 1. The highest BCUT2D eigenvalue weighted by Crippen LogP contribution is 2.13. The number of nitrogens with zero attached hydrogens (tertiary/aromatic N) is 4. The summed E-state index contributed by atoms with van der Waals surface area (Å²) < 4.78 is 0. The first-order chi connectivity index (χ1) is 11.9. The average Bonchev–Trinajstić information content (AvgIpc) is 2.59. The molecule has 1 rings (SSSR count). The second kappa shape index (κ2) is 12.4. The van der Waals surface area contributed by atoms with Crippen molar-refractivity contribution in [2.75, 3.05) is 33.2 Å². The Hall–Kier alpha value is -1.91. The molecule has 8 nitrogen and oxygen atoms in total. The van der Waals surface area contributed by atoms with Crippen molar-refractivity contribution in [3.05, 3.63) is 39.9 Å². The fraction of sp³-hybridized carbons (Fsp3) is 0.529. The molecule has 1 aromatic carbocycles. The fourth-order valence-corrected chi connectivity index (χ4v) is 2.36. The Kier molecular flexibility index (Phi) is 11.5. The van der Waals surface area contributed by atoms with Gasteiger partial charge in [0.2, 0.25) is 5.91 Å². The van der Waals surface area contributed by atoms with Crippen molar-refractivity contribution in [1.82, 2.24) is 15.1 Å². The minimum absolute atomic E-state index is 0. The van der Waals surface area contributed by atoms with Gasteiger partial charge in [0, 0.05) is 38.8 Å². The standard InChI is InChI=1S/C17H27N5O3.HI/c1-5-18-17(20(4)13-16(23)21(6-2)7-3)19-12-14-9-8-10-15(11-14)22(24)25;/h8-11H,5-7,12-13H2,1-4H3,(H,18,19);1H. The number of guanidine groups is 1. The molecular weight excluding hydrogens is 449 g/mol. The molecule has 0 aromatic heterocycles. The van der Waals surface area contributed by atoms with Gasteiger partial charge >= 0.3 is 0 Å². The maximum atomic E-state index is 12.2. The lowest BCUT2D eigenvalue weighted by Gasteiger charge is -2.25. The zero-order chi connectivity index (χ0) is 18.8. The molecule has 0 spiro atoms. The van der Waals surface area contributed by atoms with E-state index in [0.29, 0.717) is 32.1 Å². The first-order valence-corrected chi connectivity index (χ1v) is 8.43. The largest absolute Gasteiger partial charge is 0.357 e. The van der Waals surface area contributed by atoms with Gasteiger partial charge in [-0.3, -0.25) is 14.9 Å². The Bertz CT molecular complexity index is 620. The predicted molar refractivity (Wildman–Crippen MR) is 114 cm³/mol. The number of amides is 1. The Morgan fingerprint density at radius 1 is 1.27 bits per heavy atom. The lowest BCUT2D eigenvalue weighted by Crippen LogP contribution is -2.45. The number of nitro groups is 1. The van der Waals surface area contributed by atoms with Gasteiger partial charge in [-0.1, -0.05) is 12.1 Å². The average molecular weight is 477 g/mol. The number of hydrogen-bond donors (Lipinski definition) is 1. The van der Waals surface area contributed by atoms with E-state index < -0.39 is 4.92 Å². The summed E-state index contributed by atoms with van der Waals surface area (Å²) in [5.74, 6) is 0.628. The summed E-state index contributed by atoms with van der Waals surface area (Å²) >= 11 is 0. The number of likely N-dealkylation sites (N-methyl/N-ethyl adjacent to an activating group) is 2. The summed E-state index contributed by atoms with van der Waals surface area (Å²) in [7, 11) is 1.80. The van der Waals surface area contributed by atoms with Gasteiger partial charge in [-0.25, -0.2) is 4.99 Å². The van der Waals surface area contributed by atoms with Crippen LogP contribution in [0.25, 0.3) is 0 Å². The second-order valence-electron chi connectivity index (χ2n) is 5.52. The molecule has 0 aliphatic carbocycles. The van der Waals surface area contributed by atoms with Crippen molar-refractivity contribution >= 4 is 41.5 Å². The zero-order valence-corrected chi connectivity index (χ0v) is 18.1. The number of carbonyl (C=O) groups is 1. The molecule has 26 heavy (non-hydrogen) atoms. The molecule has 0 aliphatic rings. The lowest BCUT2D eigenvalue weighted by atomic mass is 10.2. The molecule has 0 saturated carbocycles. The normalized spacial score (nSPS) is 10.7. The molecule has 0 heterocycles. The number of halogens is 1. The van der Waals surface area contributed by atoms with Crippen molar-refractivity contribution < 1.29 is 9.72 Å². The van der Waals surface area contributed by atoms with E-state index in [1.807, 2.05) is 20.8 Å². The van der Waals surface area contributed by atoms with Crippen molar-refractivity contribution in [2.45, 2.75) is 27.3 Å². The van der Waals surface area contributed by atoms with Crippen LogP contribution in [-0.2, 0) is 11.3 Å². The maximum Gasteiger partial charge on any atom is 0.269 e. The van der Waals surface area contributed by atoms with Crippen molar-refractivity contribution in [3.63, 3.8) is 0 Å². The summed E-state index contributed by atoms with van der Waals surface area (Å²) in [4.78, 5) is 30.7. The third-order valence-electron chi connectivity index (χ3n) is 3.72. The van der Waals surface area contributed by atoms with Gasteiger partial charge in [0.15, 0.2) is 5.96 Å². The van der Waals surface area contributed by atoms with Crippen LogP contribution in [0.3, 0.4) is 0 Å². The summed E-state index contributed by atoms with van der Waals surface area (Å²) in [5.41, 5.74) is 0.788. The number of non-ortho nitro benzene ring substituents is 1. The smallest absolute Gasteiger partial charge is 0.269 e.